The molecule has 19 heavy (non-hydrogen) atoms. The van der Waals surface area contributed by atoms with E-state index in [9.17, 15) is 0 Å². The lowest BCUT2D eigenvalue weighted by Crippen LogP contribution is -2.11. The van der Waals surface area contributed by atoms with Crippen LogP contribution in [0.25, 0.3) is 0 Å². The van der Waals surface area contributed by atoms with Crippen molar-refractivity contribution in [1.29, 1.82) is 0 Å². The summed E-state index contributed by atoms with van der Waals surface area (Å²) in [5.41, 5.74) is 2.63. The van der Waals surface area contributed by atoms with Crippen LogP contribution in [0.2, 0.25) is 0 Å². The van der Waals surface area contributed by atoms with E-state index in [4.69, 9.17) is 4.42 Å². The van der Waals surface area contributed by atoms with Gasteiger partial charge in [-0.1, -0.05) is 32.9 Å². The molecule has 1 heterocycles. The molecular weight excluding hydrogens is 302 g/mol. The smallest absolute Gasteiger partial charge is 0.169 e. The van der Waals surface area contributed by atoms with E-state index in [0.29, 0.717) is 0 Å². The number of anilines is 1. The van der Waals surface area contributed by atoms with Gasteiger partial charge >= 0.3 is 0 Å². The summed E-state index contributed by atoms with van der Waals surface area (Å²) < 4.78 is 6.31. The van der Waals surface area contributed by atoms with Gasteiger partial charge in [0.1, 0.15) is 5.76 Å². The minimum Gasteiger partial charge on any atom is -0.452 e. The Balaban J connectivity index is 2.07. The van der Waals surface area contributed by atoms with Gasteiger partial charge in [-0.05, 0) is 58.1 Å². The minimum absolute atomic E-state index is 0.145. The third kappa shape index (κ3) is 3.63. The molecule has 1 unspecified atom stereocenters. The van der Waals surface area contributed by atoms with Crippen molar-refractivity contribution < 1.29 is 4.42 Å². The second-order valence-corrected chi connectivity index (χ2v) is 6.62. The highest BCUT2D eigenvalue weighted by Crippen LogP contribution is 2.26. The van der Waals surface area contributed by atoms with Crippen LogP contribution in [-0.4, -0.2) is 0 Å². The fourth-order valence-corrected chi connectivity index (χ4v) is 2.27. The van der Waals surface area contributed by atoms with Gasteiger partial charge in [0.05, 0.1) is 6.04 Å². The maximum Gasteiger partial charge on any atom is 0.169 e. The number of rotatable bonds is 3. The van der Waals surface area contributed by atoms with Crippen LogP contribution in [0.3, 0.4) is 0 Å². The van der Waals surface area contributed by atoms with E-state index in [2.05, 4.69) is 73.2 Å². The van der Waals surface area contributed by atoms with E-state index in [-0.39, 0.29) is 11.5 Å². The van der Waals surface area contributed by atoms with Crippen molar-refractivity contribution in [3.05, 3.63) is 52.4 Å². The van der Waals surface area contributed by atoms with Crippen molar-refractivity contribution in [2.24, 2.45) is 0 Å². The number of hydrogen-bond donors (Lipinski definition) is 1. The van der Waals surface area contributed by atoms with Gasteiger partial charge in [-0.3, -0.25) is 0 Å². The van der Waals surface area contributed by atoms with Crippen molar-refractivity contribution in [3.8, 4) is 0 Å². The Morgan fingerprint density at radius 1 is 1.05 bits per heavy atom. The quantitative estimate of drug-likeness (QED) is 0.806. The average Bonchev–Trinajstić information content (AvgIpc) is 2.75. The van der Waals surface area contributed by atoms with Gasteiger partial charge in [0.15, 0.2) is 4.67 Å². The molecule has 1 aromatic heterocycles. The first kappa shape index (κ1) is 14.2. The van der Waals surface area contributed by atoms with Crippen molar-refractivity contribution >= 4 is 21.6 Å². The zero-order valence-electron chi connectivity index (χ0n) is 11.8. The topological polar surface area (TPSA) is 25.2 Å². The lowest BCUT2D eigenvalue weighted by atomic mass is 9.87. The highest BCUT2D eigenvalue weighted by atomic mass is 79.9. The Bertz CT molecular complexity index is 537. The molecule has 0 bridgehead atoms. The monoisotopic (exact) mass is 321 g/mol. The number of furan rings is 1. The van der Waals surface area contributed by atoms with Crippen LogP contribution in [0, 0.1) is 0 Å². The maximum absolute atomic E-state index is 5.55. The number of halogens is 1. The molecule has 3 heteroatoms. The largest absolute Gasteiger partial charge is 0.452 e. The second kappa shape index (κ2) is 5.41. The minimum atomic E-state index is 0.145. The summed E-state index contributed by atoms with van der Waals surface area (Å²) in [4.78, 5) is 0. The summed E-state index contributed by atoms with van der Waals surface area (Å²) in [6.45, 7) is 8.75. The van der Waals surface area contributed by atoms with Crippen LogP contribution in [0.1, 0.15) is 45.1 Å². The zero-order valence-corrected chi connectivity index (χ0v) is 13.4. The molecule has 0 aliphatic heterocycles. The van der Waals surface area contributed by atoms with Gasteiger partial charge in [0.2, 0.25) is 0 Å². The van der Waals surface area contributed by atoms with Gasteiger partial charge in [0, 0.05) is 5.69 Å². The molecule has 0 spiro atoms. The summed E-state index contributed by atoms with van der Waals surface area (Å²) in [5, 5.41) is 3.44. The standard InChI is InChI=1S/C16H20BrNO/c1-11(14-9-10-15(17)19-14)18-13-7-5-12(6-8-13)16(2,3)4/h5-11,18H,1-4H3. The molecule has 0 radical (unpaired) electrons. The van der Waals surface area contributed by atoms with E-state index in [0.717, 1.165) is 16.1 Å². The van der Waals surface area contributed by atoms with E-state index >= 15 is 0 Å². The summed E-state index contributed by atoms with van der Waals surface area (Å²) >= 11 is 3.32. The fourth-order valence-electron chi connectivity index (χ4n) is 1.95. The molecule has 102 valence electrons. The molecule has 2 rings (SSSR count). The predicted octanol–water partition coefficient (Wildman–Crippen LogP) is 5.51. The normalized spacial score (nSPS) is 13.3. The van der Waals surface area contributed by atoms with Gasteiger partial charge in [0.25, 0.3) is 0 Å². The Labute approximate surface area is 123 Å². The lowest BCUT2D eigenvalue weighted by Gasteiger charge is -2.20. The molecule has 1 N–H and O–H groups in total. The fraction of sp³-hybridized carbons (Fsp3) is 0.375. The van der Waals surface area contributed by atoms with Crippen LogP contribution in [-0.2, 0) is 5.41 Å². The van der Waals surface area contributed by atoms with Crippen molar-refractivity contribution in [1.82, 2.24) is 0 Å². The average molecular weight is 322 g/mol. The first-order valence-electron chi connectivity index (χ1n) is 6.48. The van der Waals surface area contributed by atoms with Crippen LogP contribution in [0.5, 0.6) is 0 Å². The van der Waals surface area contributed by atoms with Gasteiger partial charge < -0.3 is 9.73 Å². The van der Waals surface area contributed by atoms with Crippen molar-refractivity contribution in [2.75, 3.05) is 5.32 Å². The van der Waals surface area contributed by atoms with E-state index in [1.165, 1.54) is 5.56 Å². The first-order chi connectivity index (χ1) is 8.86. The molecule has 2 aromatic rings. The van der Waals surface area contributed by atoms with E-state index < -0.39 is 0 Å². The molecule has 0 saturated carbocycles. The number of nitrogens with one attached hydrogen (secondary N) is 1. The summed E-state index contributed by atoms with van der Waals surface area (Å²) in [7, 11) is 0. The van der Waals surface area contributed by atoms with Crippen LogP contribution >= 0.6 is 15.9 Å². The van der Waals surface area contributed by atoms with Crippen molar-refractivity contribution in [3.63, 3.8) is 0 Å². The molecule has 0 aliphatic carbocycles. The summed E-state index contributed by atoms with van der Waals surface area (Å²) in [6.07, 6.45) is 0. The molecule has 0 amide bonds. The maximum atomic E-state index is 5.55. The van der Waals surface area contributed by atoms with Gasteiger partial charge in [-0.25, -0.2) is 0 Å². The van der Waals surface area contributed by atoms with Crippen LogP contribution in [0.15, 0.2) is 45.5 Å². The molecule has 2 nitrogen and oxygen atoms in total. The Kier molecular flexibility index (Phi) is 4.04. The van der Waals surface area contributed by atoms with E-state index in [1.54, 1.807) is 0 Å². The lowest BCUT2D eigenvalue weighted by molar-refractivity contribution is 0.471. The molecule has 1 aromatic carbocycles. The molecular formula is C16H20BrNO. The van der Waals surface area contributed by atoms with E-state index in [1.807, 2.05) is 12.1 Å². The predicted molar refractivity (Wildman–Crippen MR) is 83.6 cm³/mol. The molecule has 0 aliphatic rings. The Hall–Kier alpha value is -1.22. The zero-order chi connectivity index (χ0) is 14.0. The summed E-state index contributed by atoms with van der Waals surface area (Å²) in [6, 6.07) is 12.6. The Morgan fingerprint density at radius 2 is 1.68 bits per heavy atom. The molecule has 0 saturated heterocycles. The Morgan fingerprint density at radius 3 is 2.16 bits per heavy atom. The third-order valence-corrected chi connectivity index (χ3v) is 3.58. The number of benzene rings is 1. The van der Waals surface area contributed by atoms with Crippen LogP contribution < -0.4 is 5.32 Å². The highest BCUT2D eigenvalue weighted by molar-refractivity contribution is 9.10. The molecule has 1 atom stereocenters. The van der Waals surface area contributed by atoms with Gasteiger partial charge in [-0.15, -0.1) is 0 Å². The highest BCUT2D eigenvalue weighted by Gasteiger charge is 2.14. The van der Waals surface area contributed by atoms with Gasteiger partial charge in [-0.2, -0.15) is 0 Å². The summed E-state index contributed by atoms with van der Waals surface area (Å²) in [5.74, 6) is 0.923. The first-order valence-corrected chi connectivity index (χ1v) is 7.28. The number of hydrogen-bond acceptors (Lipinski definition) is 2. The molecule has 0 fully saturated rings. The second-order valence-electron chi connectivity index (χ2n) is 5.84. The SMILES string of the molecule is CC(Nc1ccc(C(C)(C)C)cc1)c1ccc(Br)o1. The third-order valence-electron chi connectivity index (χ3n) is 3.15. The van der Waals surface area contributed by atoms with Crippen molar-refractivity contribution in [2.45, 2.75) is 39.2 Å². The van der Waals surface area contributed by atoms with Crippen LogP contribution in [0.4, 0.5) is 5.69 Å².